The van der Waals surface area contributed by atoms with Gasteiger partial charge in [0.2, 0.25) is 0 Å². The summed E-state index contributed by atoms with van der Waals surface area (Å²) < 4.78 is 12.9. The smallest absolute Gasteiger partial charge is 0.119 e. The minimum absolute atomic E-state index is 0.559. The Bertz CT molecular complexity index is 298. The van der Waals surface area contributed by atoms with Crippen molar-refractivity contribution in [2.75, 3.05) is 18.0 Å². The molecule has 1 aromatic rings. The number of rotatable bonds is 1. The van der Waals surface area contributed by atoms with Crippen molar-refractivity contribution in [2.24, 2.45) is 0 Å². The fraction of sp³-hybridized carbons (Fsp3) is 0.455. The highest BCUT2D eigenvalue weighted by Crippen LogP contribution is 2.22. The van der Waals surface area contributed by atoms with Gasteiger partial charge in [0.1, 0.15) is 6.17 Å². The van der Waals surface area contributed by atoms with Gasteiger partial charge in [-0.3, -0.25) is 0 Å². The van der Waals surface area contributed by atoms with Crippen LogP contribution in [0.2, 0.25) is 0 Å². The van der Waals surface area contributed by atoms with Crippen LogP contribution in [0.25, 0.3) is 0 Å². The lowest BCUT2D eigenvalue weighted by molar-refractivity contribution is 0.364. The van der Waals surface area contributed by atoms with Crippen molar-refractivity contribution in [3.05, 3.63) is 29.8 Å². The Morgan fingerprint density at radius 3 is 2.92 bits per heavy atom. The summed E-state index contributed by atoms with van der Waals surface area (Å²) in [4.78, 5) is 2.11. The molecule has 1 nitrogen and oxygen atoms in total. The van der Waals surface area contributed by atoms with E-state index in [-0.39, 0.29) is 0 Å². The second-order valence-corrected chi connectivity index (χ2v) is 3.67. The van der Waals surface area contributed by atoms with Gasteiger partial charge in [0.15, 0.2) is 0 Å². The largest absolute Gasteiger partial charge is 0.369 e. The first-order valence-electron chi connectivity index (χ1n) is 4.71. The Labute approximate surface area is 78.2 Å². The molecule has 0 radical (unpaired) electrons. The summed E-state index contributed by atoms with van der Waals surface area (Å²) in [6, 6.07) is 8.24. The van der Waals surface area contributed by atoms with Crippen LogP contribution < -0.4 is 4.90 Å². The summed E-state index contributed by atoms with van der Waals surface area (Å²) in [5, 5.41) is 0. The Balaban J connectivity index is 2.16. The van der Waals surface area contributed by atoms with Gasteiger partial charge in [-0.1, -0.05) is 12.1 Å². The maximum atomic E-state index is 12.9. The first-order chi connectivity index (χ1) is 6.25. The van der Waals surface area contributed by atoms with E-state index in [0.29, 0.717) is 13.0 Å². The summed E-state index contributed by atoms with van der Waals surface area (Å²) in [5.41, 5.74) is 2.39. The van der Waals surface area contributed by atoms with E-state index in [9.17, 15) is 4.39 Å². The summed E-state index contributed by atoms with van der Waals surface area (Å²) >= 11 is 0. The van der Waals surface area contributed by atoms with E-state index in [2.05, 4.69) is 24.0 Å². The van der Waals surface area contributed by atoms with Gasteiger partial charge in [0.05, 0.1) is 0 Å². The van der Waals surface area contributed by atoms with Gasteiger partial charge in [-0.25, -0.2) is 4.39 Å². The Hall–Kier alpha value is -1.05. The monoisotopic (exact) mass is 179 g/mol. The fourth-order valence-corrected chi connectivity index (χ4v) is 1.78. The van der Waals surface area contributed by atoms with Gasteiger partial charge in [0, 0.05) is 18.8 Å². The predicted molar refractivity (Wildman–Crippen MR) is 52.9 cm³/mol. The lowest BCUT2D eigenvalue weighted by atomic mass is 10.2. The number of alkyl halides is 1. The summed E-state index contributed by atoms with van der Waals surface area (Å²) in [6.07, 6.45) is 0.0361. The molecule has 0 aromatic heterocycles. The molecule has 1 saturated heterocycles. The van der Waals surface area contributed by atoms with Gasteiger partial charge in [-0.15, -0.1) is 0 Å². The molecular weight excluding hydrogens is 165 g/mol. The van der Waals surface area contributed by atoms with Crippen LogP contribution in [-0.4, -0.2) is 19.3 Å². The minimum atomic E-state index is -0.638. The molecule has 1 aliphatic heterocycles. The summed E-state index contributed by atoms with van der Waals surface area (Å²) in [6.45, 7) is 3.47. The molecule has 1 fully saturated rings. The highest BCUT2D eigenvalue weighted by Gasteiger charge is 2.21. The van der Waals surface area contributed by atoms with E-state index in [0.717, 1.165) is 12.2 Å². The number of hydrogen-bond acceptors (Lipinski definition) is 1. The van der Waals surface area contributed by atoms with Crippen LogP contribution in [-0.2, 0) is 0 Å². The zero-order valence-electron chi connectivity index (χ0n) is 7.83. The van der Waals surface area contributed by atoms with Gasteiger partial charge in [-0.05, 0) is 31.0 Å². The number of aryl methyl sites for hydroxylation is 1. The molecule has 0 amide bonds. The third kappa shape index (κ3) is 1.82. The van der Waals surface area contributed by atoms with Crippen molar-refractivity contribution in [3.63, 3.8) is 0 Å². The Morgan fingerprint density at radius 1 is 1.46 bits per heavy atom. The first-order valence-corrected chi connectivity index (χ1v) is 4.71. The molecule has 0 bridgehead atoms. The molecule has 13 heavy (non-hydrogen) atoms. The van der Waals surface area contributed by atoms with Crippen LogP contribution in [0.5, 0.6) is 0 Å². The average molecular weight is 179 g/mol. The van der Waals surface area contributed by atoms with Crippen LogP contribution in [0.15, 0.2) is 24.3 Å². The van der Waals surface area contributed by atoms with Crippen LogP contribution in [0.3, 0.4) is 0 Å². The number of halogens is 1. The highest BCUT2D eigenvalue weighted by molar-refractivity contribution is 5.49. The van der Waals surface area contributed by atoms with Crippen molar-refractivity contribution in [1.82, 2.24) is 0 Å². The molecule has 0 saturated carbocycles. The second-order valence-electron chi connectivity index (χ2n) is 3.67. The van der Waals surface area contributed by atoms with Gasteiger partial charge in [-0.2, -0.15) is 0 Å². The van der Waals surface area contributed by atoms with Crippen molar-refractivity contribution in [2.45, 2.75) is 19.5 Å². The Kier molecular flexibility index (Phi) is 2.21. The number of nitrogens with zero attached hydrogens (tertiary/aromatic N) is 1. The van der Waals surface area contributed by atoms with Crippen LogP contribution in [0.4, 0.5) is 10.1 Å². The SMILES string of the molecule is Cc1cccc(N2CC[C@@H](F)C2)c1. The molecule has 2 heteroatoms. The summed E-state index contributed by atoms with van der Waals surface area (Å²) in [7, 11) is 0. The van der Waals surface area contributed by atoms with Gasteiger partial charge in [0.25, 0.3) is 0 Å². The molecular formula is C11H14FN. The zero-order valence-corrected chi connectivity index (χ0v) is 7.83. The van der Waals surface area contributed by atoms with E-state index in [1.807, 2.05) is 12.1 Å². The minimum Gasteiger partial charge on any atom is -0.369 e. The van der Waals surface area contributed by atoms with Crippen molar-refractivity contribution >= 4 is 5.69 Å². The molecule has 70 valence electrons. The van der Waals surface area contributed by atoms with E-state index in [1.165, 1.54) is 5.56 Å². The molecule has 0 aliphatic carbocycles. The third-order valence-electron chi connectivity index (χ3n) is 2.50. The molecule has 2 rings (SSSR count). The molecule has 1 heterocycles. The molecule has 0 unspecified atom stereocenters. The van der Waals surface area contributed by atoms with Crippen LogP contribution in [0, 0.1) is 6.92 Å². The average Bonchev–Trinajstić information content (AvgIpc) is 2.52. The maximum absolute atomic E-state index is 12.9. The molecule has 1 aromatic carbocycles. The van der Waals surface area contributed by atoms with E-state index >= 15 is 0 Å². The maximum Gasteiger partial charge on any atom is 0.119 e. The second kappa shape index (κ2) is 3.36. The van der Waals surface area contributed by atoms with Crippen LogP contribution >= 0.6 is 0 Å². The Morgan fingerprint density at radius 2 is 2.31 bits per heavy atom. The van der Waals surface area contributed by atoms with Crippen molar-refractivity contribution in [3.8, 4) is 0 Å². The molecule has 0 N–H and O–H groups in total. The number of anilines is 1. The zero-order chi connectivity index (χ0) is 9.26. The standard InChI is InChI=1S/C11H14FN/c1-9-3-2-4-11(7-9)13-6-5-10(12)8-13/h2-4,7,10H,5-6,8H2,1H3/t10-/m1/s1. The lowest BCUT2D eigenvalue weighted by Crippen LogP contribution is -2.19. The third-order valence-corrected chi connectivity index (χ3v) is 2.50. The quantitative estimate of drug-likeness (QED) is 0.640. The van der Waals surface area contributed by atoms with E-state index < -0.39 is 6.17 Å². The first kappa shape index (κ1) is 8.54. The van der Waals surface area contributed by atoms with Crippen molar-refractivity contribution < 1.29 is 4.39 Å². The number of hydrogen-bond donors (Lipinski definition) is 0. The van der Waals surface area contributed by atoms with Crippen LogP contribution in [0.1, 0.15) is 12.0 Å². The predicted octanol–water partition coefficient (Wildman–Crippen LogP) is 2.54. The van der Waals surface area contributed by atoms with Crippen molar-refractivity contribution in [1.29, 1.82) is 0 Å². The topological polar surface area (TPSA) is 3.24 Å². The molecule has 1 aliphatic rings. The molecule has 0 spiro atoms. The van der Waals surface area contributed by atoms with Gasteiger partial charge < -0.3 is 4.90 Å². The van der Waals surface area contributed by atoms with E-state index in [1.54, 1.807) is 0 Å². The fourth-order valence-electron chi connectivity index (χ4n) is 1.78. The number of benzene rings is 1. The van der Waals surface area contributed by atoms with E-state index in [4.69, 9.17) is 0 Å². The normalized spacial score (nSPS) is 22.3. The highest BCUT2D eigenvalue weighted by atomic mass is 19.1. The molecule has 1 atom stereocenters. The summed E-state index contributed by atoms with van der Waals surface area (Å²) in [5.74, 6) is 0. The van der Waals surface area contributed by atoms with Gasteiger partial charge >= 0.3 is 0 Å². The lowest BCUT2D eigenvalue weighted by Gasteiger charge is -2.17.